The molecule has 1 atom stereocenters. The quantitative estimate of drug-likeness (QED) is 0.459. The van der Waals surface area contributed by atoms with Crippen molar-refractivity contribution in [3.8, 4) is 33.2 Å². The molecule has 0 N–H and O–H groups in total. The Kier molecular flexibility index (Phi) is 5.93. The molecule has 2 aromatic heterocycles. The van der Waals surface area contributed by atoms with Gasteiger partial charge in [0, 0.05) is 29.0 Å². The van der Waals surface area contributed by atoms with Crippen molar-refractivity contribution in [2.75, 3.05) is 20.3 Å². The van der Waals surface area contributed by atoms with Crippen molar-refractivity contribution in [3.63, 3.8) is 0 Å². The highest BCUT2D eigenvalue weighted by atomic mass is 32.1. The smallest absolute Gasteiger partial charge is 0.354 e. The highest BCUT2D eigenvalue weighted by molar-refractivity contribution is 7.13. The molecule has 7 heteroatoms. The Morgan fingerprint density at radius 1 is 1.22 bits per heavy atom. The van der Waals surface area contributed by atoms with Crippen LogP contribution in [0.25, 0.3) is 21.7 Å². The molecule has 1 unspecified atom stereocenters. The maximum absolute atomic E-state index is 12.7. The van der Waals surface area contributed by atoms with Gasteiger partial charge in [-0.1, -0.05) is 6.07 Å². The van der Waals surface area contributed by atoms with Crippen LogP contribution in [0.15, 0.2) is 35.7 Å². The second-order valence-electron chi connectivity index (χ2n) is 7.97. The molecule has 0 radical (unpaired) electrons. The van der Waals surface area contributed by atoms with E-state index in [0.717, 1.165) is 47.4 Å². The molecule has 1 saturated heterocycles. The molecule has 4 heterocycles. The van der Waals surface area contributed by atoms with E-state index in [2.05, 4.69) is 22.1 Å². The lowest BCUT2D eigenvalue weighted by Crippen LogP contribution is -2.25. The van der Waals surface area contributed by atoms with Gasteiger partial charge in [-0.05, 0) is 61.4 Å². The predicted octanol–water partition coefficient (Wildman–Crippen LogP) is 5.53. The van der Waals surface area contributed by atoms with Crippen LogP contribution in [0.5, 0.6) is 11.5 Å². The summed E-state index contributed by atoms with van der Waals surface area (Å²) in [6, 6.07) is 10.2. The van der Waals surface area contributed by atoms with Crippen molar-refractivity contribution in [1.29, 1.82) is 0 Å². The lowest BCUT2D eigenvalue weighted by molar-refractivity contribution is -0.106. The fourth-order valence-corrected chi connectivity index (χ4v) is 5.27. The van der Waals surface area contributed by atoms with Crippen molar-refractivity contribution >= 4 is 17.3 Å². The van der Waals surface area contributed by atoms with Gasteiger partial charge in [-0.25, -0.2) is 4.79 Å². The predicted molar refractivity (Wildman–Crippen MR) is 124 cm³/mol. The van der Waals surface area contributed by atoms with E-state index < -0.39 is 0 Å². The number of thiophene rings is 1. The van der Waals surface area contributed by atoms with E-state index in [1.54, 1.807) is 18.4 Å². The molecule has 0 saturated carbocycles. The summed E-state index contributed by atoms with van der Waals surface area (Å²) in [5.41, 5.74) is 4.88. The molecule has 0 spiro atoms. The Balaban J connectivity index is 1.64. The molecular formula is C25H27NO5S. The van der Waals surface area contributed by atoms with E-state index in [0.29, 0.717) is 37.0 Å². The normalized spacial score (nSPS) is 17.4. The van der Waals surface area contributed by atoms with E-state index >= 15 is 0 Å². The average Bonchev–Trinajstić information content (AvgIpc) is 3.47. The van der Waals surface area contributed by atoms with Gasteiger partial charge in [-0.3, -0.25) is 0 Å². The number of methoxy groups -OCH3 is 1. The zero-order valence-electron chi connectivity index (χ0n) is 18.4. The van der Waals surface area contributed by atoms with Crippen molar-refractivity contribution < 1.29 is 23.7 Å². The molecule has 0 bridgehead atoms. The minimum Gasteiger partial charge on any atom is -0.493 e. The number of carbonyl (C=O) groups excluding carboxylic acids is 1. The van der Waals surface area contributed by atoms with Gasteiger partial charge in [0.1, 0.15) is 5.69 Å². The highest BCUT2D eigenvalue weighted by Crippen LogP contribution is 2.45. The van der Waals surface area contributed by atoms with Crippen molar-refractivity contribution in [3.05, 3.63) is 47.0 Å². The average molecular weight is 454 g/mol. The third kappa shape index (κ3) is 3.80. The van der Waals surface area contributed by atoms with E-state index in [1.807, 2.05) is 25.1 Å². The third-order valence-corrected chi connectivity index (χ3v) is 6.92. The minimum absolute atomic E-state index is 0.266. The van der Waals surface area contributed by atoms with Gasteiger partial charge in [0.05, 0.1) is 26.0 Å². The van der Waals surface area contributed by atoms with Gasteiger partial charge in [0.25, 0.3) is 0 Å². The lowest BCUT2D eigenvalue weighted by atomic mass is 9.95. The minimum atomic E-state index is -0.291. The number of aryl methyl sites for hydroxylation is 1. The van der Waals surface area contributed by atoms with Crippen LogP contribution in [0.4, 0.5) is 0 Å². The van der Waals surface area contributed by atoms with Crippen LogP contribution < -0.4 is 9.47 Å². The summed E-state index contributed by atoms with van der Waals surface area (Å²) < 4.78 is 25.1. The molecule has 2 aliphatic rings. The first-order valence-corrected chi connectivity index (χ1v) is 12.0. The summed E-state index contributed by atoms with van der Waals surface area (Å²) in [4.78, 5) is 13.9. The van der Waals surface area contributed by atoms with Crippen LogP contribution in [0.3, 0.4) is 0 Å². The number of hydrogen-bond donors (Lipinski definition) is 0. The fraction of sp³-hybridized carbons (Fsp3) is 0.400. The van der Waals surface area contributed by atoms with Gasteiger partial charge in [0.15, 0.2) is 17.8 Å². The number of rotatable bonds is 6. The third-order valence-electron chi connectivity index (χ3n) is 6.01. The van der Waals surface area contributed by atoms with Crippen LogP contribution >= 0.6 is 11.3 Å². The van der Waals surface area contributed by atoms with E-state index in [9.17, 15) is 4.79 Å². The number of fused-ring (bicyclic) bond motifs is 3. The number of ether oxygens (including phenoxy) is 4. The van der Waals surface area contributed by atoms with E-state index in [1.165, 1.54) is 5.56 Å². The molecule has 168 valence electrons. The number of esters is 1. The maximum Gasteiger partial charge on any atom is 0.354 e. The van der Waals surface area contributed by atoms with Crippen LogP contribution in [0.2, 0.25) is 0 Å². The molecule has 5 rings (SSSR count). The van der Waals surface area contributed by atoms with Gasteiger partial charge in [-0.15, -0.1) is 11.3 Å². The molecule has 3 aromatic rings. The molecule has 2 aliphatic heterocycles. The van der Waals surface area contributed by atoms with Gasteiger partial charge in [0.2, 0.25) is 0 Å². The zero-order valence-corrected chi connectivity index (χ0v) is 19.2. The monoisotopic (exact) mass is 453 g/mol. The first kappa shape index (κ1) is 21.1. The number of carbonyl (C=O) groups is 1. The SMILES string of the molecule is CCOC(=O)c1cc(-c2cccs2)c2n1CCc1cc(OC)c(OC3CCCCO3)cc1-2. The second-order valence-corrected chi connectivity index (χ2v) is 8.91. The van der Waals surface area contributed by atoms with Crippen LogP contribution in [-0.2, 0) is 22.4 Å². The van der Waals surface area contributed by atoms with Crippen molar-refractivity contribution in [2.24, 2.45) is 0 Å². The van der Waals surface area contributed by atoms with Crippen molar-refractivity contribution in [2.45, 2.75) is 45.4 Å². The Bertz CT molecular complexity index is 1110. The van der Waals surface area contributed by atoms with Gasteiger partial charge in [-0.2, -0.15) is 0 Å². The standard InChI is InChI=1S/C25H27NO5S/c1-3-29-25(27)19-14-18(22-7-6-12-32-22)24-17-15-21(31-23-8-4-5-11-30-23)20(28-2)13-16(17)9-10-26(19)24/h6-7,12-15,23H,3-5,8-11H2,1-2H3. The van der Waals surface area contributed by atoms with Crippen LogP contribution in [0, 0.1) is 0 Å². The topological polar surface area (TPSA) is 58.9 Å². The van der Waals surface area contributed by atoms with Gasteiger partial charge < -0.3 is 23.5 Å². The number of aromatic nitrogens is 1. The first-order chi connectivity index (χ1) is 15.7. The molecule has 0 amide bonds. The summed E-state index contributed by atoms with van der Waals surface area (Å²) in [5, 5.41) is 2.05. The second kappa shape index (κ2) is 9.00. The molecule has 1 aromatic carbocycles. The molecule has 0 aliphatic carbocycles. The first-order valence-electron chi connectivity index (χ1n) is 11.1. The van der Waals surface area contributed by atoms with Crippen LogP contribution in [-0.4, -0.2) is 37.1 Å². The van der Waals surface area contributed by atoms with Crippen molar-refractivity contribution in [1.82, 2.24) is 4.57 Å². The Morgan fingerprint density at radius 2 is 2.12 bits per heavy atom. The molecular weight excluding hydrogens is 426 g/mol. The summed E-state index contributed by atoms with van der Waals surface area (Å²) in [5.74, 6) is 1.09. The summed E-state index contributed by atoms with van der Waals surface area (Å²) >= 11 is 1.66. The van der Waals surface area contributed by atoms with E-state index in [4.69, 9.17) is 18.9 Å². The van der Waals surface area contributed by atoms with Gasteiger partial charge >= 0.3 is 5.97 Å². The maximum atomic E-state index is 12.7. The fourth-order valence-electron chi connectivity index (χ4n) is 4.52. The number of hydrogen-bond acceptors (Lipinski definition) is 6. The zero-order chi connectivity index (χ0) is 22.1. The Morgan fingerprint density at radius 3 is 2.84 bits per heavy atom. The summed E-state index contributed by atoms with van der Waals surface area (Å²) in [6.45, 7) is 3.60. The lowest BCUT2D eigenvalue weighted by Gasteiger charge is -2.27. The van der Waals surface area contributed by atoms with Crippen LogP contribution in [0.1, 0.15) is 42.2 Å². The Labute approximate surface area is 191 Å². The molecule has 6 nitrogen and oxygen atoms in total. The highest BCUT2D eigenvalue weighted by Gasteiger charge is 2.29. The summed E-state index contributed by atoms with van der Waals surface area (Å²) in [7, 11) is 1.66. The molecule has 32 heavy (non-hydrogen) atoms. The summed E-state index contributed by atoms with van der Waals surface area (Å²) in [6.07, 6.45) is 3.55. The number of nitrogens with zero attached hydrogens (tertiary/aromatic N) is 1. The molecule has 1 fully saturated rings. The largest absolute Gasteiger partial charge is 0.493 e. The van der Waals surface area contributed by atoms with E-state index in [-0.39, 0.29) is 12.3 Å². The Hall–Kier alpha value is -2.77. The number of benzene rings is 1.